The summed E-state index contributed by atoms with van der Waals surface area (Å²) in [7, 11) is 1.01. The molecule has 1 aliphatic carbocycles. The summed E-state index contributed by atoms with van der Waals surface area (Å²) in [5.74, 6) is 0. The van der Waals surface area contributed by atoms with E-state index in [1.54, 1.807) is 0 Å². The van der Waals surface area contributed by atoms with Crippen LogP contribution in [-0.2, 0) is 20.0 Å². The van der Waals surface area contributed by atoms with Crippen molar-refractivity contribution < 1.29 is 13.9 Å². The molecular formula is C11H25O3PS. The average molecular weight is 268 g/mol. The van der Waals surface area contributed by atoms with Crippen LogP contribution in [0.4, 0.5) is 0 Å². The Morgan fingerprint density at radius 2 is 1.62 bits per heavy atom. The van der Waals surface area contributed by atoms with Crippen LogP contribution >= 0.6 is 6.72 Å². The molecule has 0 aromatic heterocycles. The van der Waals surface area contributed by atoms with E-state index in [0.29, 0.717) is 18.5 Å². The standard InChI is InChI=1S/C11H25O3PS/c1-3-9-13-15(12,14-10-4-2)16-11-7-5-6-8-11/h11-12,16H,3-10H2,1-2H3. The smallest absolute Gasteiger partial charge is 0.279 e. The molecular weight excluding hydrogens is 243 g/mol. The first-order chi connectivity index (χ1) is 7.70. The monoisotopic (exact) mass is 268 g/mol. The maximum Gasteiger partial charge on any atom is 0.279 e. The van der Waals surface area contributed by atoms with E-state index in [4.69, 9.17) is 9.05 Å². The molecule has 1 aliphatic rings. The van der Waals surface area contributed by atoms with E-state index >= 15 is 0 Å². The topological polar surface area (TPSA) is 38.7 Å². The van der Waals surface area contributed by atoms with Crippen molar-refractivity contribution in [3.05, 3.63) is 0 Å². The number of rotatable bonds is 7. The molecule has 0 amide bonds. The Labute approximate surface area is 103 Å². The molecule has 16 heavy (non-hydrogen) atoms. The van der Waals surface area contributed by atoms with E-state index in [-0.39, 0.29) is 0 Å². The third kappa shape index (κ3) is 5.33. The van der Waals surface area contributed by atoms with Crippen LogP contribution in [0.1, 0.15) is 52.4 Å². The molecule has 0 spiro atoms. The molecule has 0 radical (unpaired) electrons. The van der Waals surface area contributed by atoms with E-state index in [1.165, 1.54) is 25.7 Å². The van der Waals surface area contributed by atoms with Gasteiger partial charge in [0.1, 0.15) is 0 Å². The van der Waals surface area contributed by atoms with Gasteiger partial charge in [-0.2, -0.15) is 0 Å². The van der Waals surface area contributed by atoms with Crippen LogP contribution in [0.15, 0.2) is 0 Å². The molecule has 0 bridgehead atoms. The number of hydrogen-bond donors (Lipinski definition) is 2. The third-order valence-corrected chi connectivity index (χ3v) is 7.28. The van der Waals surface area contributed by atoms with Gasteiger partial charge in [0.15, 0.2) is 0 Å². The van der Waals surface area contributed by atoms with Gasteiger partial charge in [-0.25, -0.2) is 0 Å². The second-order valence-electron chi connectivity index (χ2n) is 4.21. The van der Waals surface area contributed by atoms with Crippen LogP contribution in [0.5, 0.6) is 0 Å². The third-order valence-electron chi connectivity index (χ3n) is 2.56. The Morgan fingerprint density at radius 1 is 1.12 bits per heavy atom. The minimum absolute atomic E-state index is 0.590. The van der Waals surface area contributed by atoms with E-state index < -0.39 is 6.72 Å². The summed E-state index contributed by atoms with van der Waals surface area (Å²) in [6, 6.07) is 0. The fourth-order valence-corrected chi connectivity index (χ4v) is 6.63. The minimum Gasteiger partial charge on any atom is -0.328 e. The van der Waals surface area contributed by atoms with Gasteiger partial charge in [0.25, 0.3) is 6.72 Å². The lowest BCUT2D eigenvalue weighted by Crippen LogP contribution is -2.05. The summed E-state index contributed by atoms with van der Waals surface area (Å²) in [6.07, 6.45) is 6.87. The molecule has 1 saturated carbocycles. The predicted molar refractivity (Wildman–Crippen MR) is 72.6 cm³/mol. The van der Waals surface area contributed by atoms with Crippen molar-refractivity contribution in [3.8, 4) is 0 Å². The van der Waals surface area contributed by atoms with E-state index in [0.717, 1.165) is 23.8 Å². The zero-order chi connectivity index (χ0) is 11.9. The lowest BCUT2D eigenvalue weighted by Gasteiger charge is -2.21. The van der Waals surface area contributed by atoms with Crippen molar-refractivity contribution in [2.24, 2.45) is 0 Å². The Morgan fingerprint density at radius 3 is 2.06 bits per heavy atom. The highest BCUT2D eigenvalue weighted by molar-refractivity contribution is 8.17. The second-order valence-corrected chi connectivity index (χ2v) is 8.88. The summed E-state index contributed by atoms with van der Waals surface area (Å²) in [6.45, 7) is 2.73. The minimum atomic E-state index is -2.58. The molecule has 98 valence electrons. The van der Waals surface area contributed by atoms with Crippen molar-refractivity contribution in [1.82, 2.24) is 0 Å². The predicted octanol–water partition coefficient (Wildman–Crippen LogP) is 3.27. The molecule has 0 atom stereocenters. The average Bonchev–Trinajstić information content (AvgIpc) is 2.76. The molecule has 0 aromatic rings. The van der Waals surface area contributed by atoms with Crippen LogP contribution < -0.4 is 0 Å². The van der Waals surface area contributed by atoms with Crippen molar-refractivity contribution in [2.45, 2.75) is 57.6 Å². The molecule has 0 unspecified atom stereocenters. The largest absolute Gasteiger partial charge is 0.328 e. The van der Waals surface area contributed by atoms with Crippen LogP contribution in [0.25, 0.3) is 0 Å². The highest BCUT2D eigenvalue weighted by atomic mass is 32.5. The van der Waals surface area contributed by atoms with Crippen molar-refractivity contribution in [1.29, 1.82) is 0 Å². The Balaban J connectivity index is 2.58. The Kier molecular flexibility index (Phi) is 7.25. The van der Waals surface area contributed by atoms with Gasteiger partial charge in [-0.05, 0) is 25.7 Å². The summed E-state index contributed by atoms with van der Waals surface area (Å²) < 4.78 is 11.1. The summed E-state index contributed by atoms with van der Waals surface area (Å²) in [4.78, 5) is 10.4. The lowest BCUT2D eigenvalue weighted by molar-refractivity contribution is 0.197. The normalized spacial score (nSPS) is 18.2. The van der Waals surface area contributed by atoms with Gasteiger partial charge in [0.2, 0.25) is 0 Å². The fourth-order valence-electron chi connectivity index (χ4n) is 1.75. The number of hydrogen-bond acceptors (Lipinski definition) is 2. The molecule has 3 nitrogen and oxygen atoms in total. The van der Waals surface area contributed by atoms with E-state index in [1.807, 2.05) is 0 Å². The van der Waals surface area contributed by atoms with Gasteiger partial charge in [0.05, 0.1) is 13.2 Å². The Bertz CT molecular complexity index is 227. The zero-order valence-corrected chi connectivity index (χ0v) is 12.2. The van der Waals surface area contributed by atoms with E-state index in [2.05, 4.69) is 13.8 Å². The van der Waals surface area contributed by atoms with Gasteiger partial charge in [-0.3, -0.25) is 0 Å². The highest BCUT2D eigenvalue weighted by Crippen LogP contribution is 2.48. The molecule has 1 rings (SSSR count). The first-order valence-electron chi connectivity index (χ1n) is 6.33. The van der Waals surface area contributed by atoms with Crippen LogP contribution in [0.3, 0.4) is 0 Å². The first-order valence-corrected chi connectivity index (χ1v) is 9.58. The second kappa shape index (κ2) is 7.88. The van der Waals surface area contributed by atoms with Gasteiger partial charge in [-0.15, -0.1) is 10.9 Å². The van der Waals surface area contributed by atoms with Crippen LogP contribution in [-0.4, -0.2) is 23.4 Å². The van der Waals surface area contributed by atoms with E-state index in [9.17, 15) is 4.89 Å². The van der Waals surface area contributed by atoms with Crippen LogP contribution in [0.2, 0.25) is 0 Å². The molecule has 5 heteroatoms. The van der Waals surface area contributed by atoms with Gasteiger partial charge < -0.3 is 13.9 Å². The maximum atomic E-state index is 10.4. The van der Waals surface area contributed by atoms with Gasteiger partial charge in [-0.1, -0.05) is 26.7 Å². The molecule has 0 aliphatic heterocycles. The lowest BCUT2D eigenvalue weighted by atomic mass is 10.4. The highest BCUT2D eigenvalue weighted by Gasteiger charge is 2.21. The summed E-state index contributed by atoms with van der Waals surface area (Å²) in [5, 5.41) is 0.590. The van der Waals surface area contributed by atoms with Crippen molar-refractivity contribution in [2.75, 3.05) is 13.2 Å². The summed E-state index contributed by atoms with van der Waals surface area (Å²) in [5.41, 5.74) is 0. The van der Waals surface area contributed by atoms with Crippen LogP contribution in [0, 0.1) is 0 Å². The van der Waals surface area contributed by atoms with Crippen molar-refractivity contribution >= 4 is 17.7 Å². The Hall–Kier alpha value is 0.660. The fraction of sp³-hybridized carbons (Fsp3) is 1.00. The first kappa shape index (κ1) is 14.7. The SMILES string of the molecule is CCCOP(O)(OCCC)=[SH]C1CCCC1. The molecule has 1 N–H and O–H groups in total. The van der Waals surface area contributed by atoms with Gasteiger partial charge >= 0.3 is 0 Å². The molecule has 0 aromatic carbocycles. The van der Waals surface area contributed by atoms with Crippen molar-refractivity contribution in [3.63, 3.8) is 0 Å². The summed E-state index contributed by atoms with van der Waals surface area (Å²) >= 11 is 0. The molecule has 0 heterocycles. The molecule has 1 fully saturated rings. The number of thiol groups is 1. The zero-order valence-electron chi connectivity index (χ0n) is 10.4. The van der Waals surface area contributed by atoms with Gasteiger partial charge in [0, 0.05) is 5.25 Å². The molecule has 0 saturated heterocycles. The quantitative estimate of drug-likeness (QED) is 0.550. The maximum absolute atomic E-state index is 10.4.